The molecule has 6 nitrogen and oxygen atoms in total. The van der Waals surface area contributed by atoms with Gasteiger partial charge in [0.2, 0.25) is 0 Å². The van der Waals surface area contributed by atoms with Crippen LogP contribution in [-0.2, 0) is 6.54 Å². The van der Waals surface area contributed by atoms with E-state index in [0.717, 1.165) is 42.0 Å². The second-order valence-electron chi connectivity index (χ2n) is 7.06. The molecule has 1 aliphatic heterocycles. The van der Waals surface area contributed by atoms with Crippen molar-refractivity contribution in [1.82, 2.24) is 14.8 Å². The van der Waals surface area contributed by atoms with Gasteiger partial charge >= 0.3 is 6.03 Å². The first kappa shape index (κ1) is 19.0. The number of nitrogens with zero attached hydrogens (tertiary/aromatic N) is 2. The second kappa shape index (κ2) is 8.29. The van der Waals surface area contributed by atoms with E-state index in [-0.39, 0.29) is 18.0 Å². The van der Waals surface area contributed by atoms with Crippen LogP contribution < -0.4 is 10.6 Å². The van der Waals surface area contributed by atoms with Crippen LogP contribution in [0.4, 0.5) is 10.5 Å². The number of piperidine rings is 1. The molecule has 3 rings (SSSR count). The summed E-state index contributed by atoms with van der Waals surface area (Å²) in [5, 5.41) is 5.85. The van der Waals surface area contributed by atoms with Crippen LogP contribution in [0.5, 0.6) is 0 Å². The molecule has 0 spiro atoms. The first-order valence-corrected chi connectivity index (χ1v) is 9.58. The third-order valence-electron chi connectivity index (χ3n) is 5.27. The lowest BCUT2D eigenvalue weighted by Crippen LogP contribution is -2.47. The summed E-state index contributed by atoms with van der Waals surface area (Å²) in [4.78, 5) is 26.9. The number of likely N-dealkylation sites (tertiary alicyclic amines) is 1. The third-order valence-corrected chi connectivity index (χ3v) is 5.27. The highest BCUT2D eigenvalue weighted by Crippen LogP contribution is 2.20. The first-order valence-electron chi connectivity index (χ1n) is 9.58. The van der Waals surface area contributed by atoms with E-state index in [2.05, 4.69) is 22.1 Å². The van der Waals surface area contributed by atoms with Crippen molar-refractivity contribution >= 4 is 17.6 Å². The average Bonchev–Trinajstić information content (AvgIpc) is 2.96. The number of rotatable bonds is 4. The predicted molar refractivity (Wildman–Crippen MR) is 107 cm³/mol. The fourth-order valence-corrected chi connectivity index (χ4v) is 3.78. The molecule has 1 fully saturated rings. The Morgan fingerprint density at radius 1 is 1.11 bits per heavy atom. The molecule has 2 aromatic rings. The van der Waals surface area contributed by atoms with Gasteiger partial charge in [0.25, 0.3) is 5.91 Å². The van der Waals surface area contributed by atoms with E-state index in [1.807, 2.05) is 55.1 Å². The minimum absolute atomic E-state index is 0.0841. The van der Waals surface area contributed by atoms with Gasteiger partial charge in [-0.15, -0.1) is 0 Å². The molecule has 0 bridgehead atoms. The average molecular weight is 368 g/mol. The van der Waals surface area contributed by atoms with Gasteiger partial charge in [-0.3, -0.25) is 4.79 Å². The van der Waals surface area contributed by atoms with Crippen LogP contribution in [0.3, 0.4) is 0 Å². The molecule has 3 amide bonds. The highest BCUT2D eigenvalue weighted by Gasteiger charge is 2.26. The number of anilines is 1. The zero-order valence-corrected chi connectivity index (χ0v) is 16.3. The Morgan fingerprint density at radius 3 is 2.37 bits per heavy atom. The maximum Gasteiger partial charge on any atom is 0.319 e. The maximum absolute atomic E-state index is 12.9. The van der Waals surface area contributed by atoms with E-state index in [0.29, 0.717) is 13.1 Å². The smallest absolute Gasteiger partial charge is 0.319 e. The van der Waals surface area contributed by atoms with Crippen LogP contribution in [-0.4, -0.2) is 40.5 Å². The van der Waals surface area contributed by atoms with Crippen molar-refractivity contribution in [2.45, 2.75) is 46.2 Å². The molecule has 0 unspecified atom stereocenters. The number of benzene rings is 1. The largest absolute Gasteiger partial charge is 0.349 e. The van der Waals surface area contributed by atoms with Gasteiger partial charge in [-0.25, -0.2) is 4.79 Å². The van der Waals surface area contributed by atoms with Crippen LogP contribution in [0.2, 0.25) is 0 Å². The van der Waals surface area contributed by atoms with Crippen LogP contribution in [0.15, 0.2) is 36.4 Å². The number of aryl methyl sites for hydroxylation is 1. The Hall–Kier alpha value is -2.76. The van der Waals surface area contributed by atoms with Crippen molar-refractivity contribution in [3.05, 3.63) is 53.3 Å². The molecule has 0 saturated carbocycles. The molecule has 0 radical (unpaired) electrons. The molecule has 0 atom stereocenters. The van der Waals surface area contributed by atoms with Gasteiger partial charge in [0.15, 0.2) is 0 Å². The first-order chi connectivity index (χ1) is 13.0. The zero-order chi connectivity index (χ0) is 19.4. The molecular formula is C21H28N4O2. The summed E-state index contributed by atoms with van der Waals surface area (Å²) in [5.41, 5.74) is 3.71. The number of aromatic nitrogens is 1. The van der Waals surface area contributed by atoms with Crippen molar-refractivity contribution in [3.63, 3.8) is 0 Å². The normalized spacial score (nSPS) is 14.9. The van der Waals surface area contributed by atoms with Gasteiger partial charge < -0.3 is 20.1 Å². The lowest BCUT2D eigenvalue weighted by atomic mass is 10.0. The van der Waals surface area contributed by atoms with Crippen LogP contribution >= 0.6 is 0 Å². The summed E-state index contributed by atoms with van der Waals surface area (Å²) in [6.45, 7) is 8.32. The number of hydrogen-bond donors (Lipinski definition) is 2. The van der Waals surface area contributed by atoms with E-state index in [1.54, 1.807) is 0 Å². The Kier molecular flexibility index (Phi) is 5.84. The van der Waals surface area contributed by atoms with Crippen molar-refractivity contribution in [3.8, 4) is 0 Å². The van der Waals surface area contributed by atoms with Gasteiger partial charge in [0.1, 0.15) is 0 Å². The summed E-state index contributed by atoms with van der Waals surface area (Å²) >= 11 is 0. The van der Waals surface area contributed by atoms with Crippen LogP contribution in [0.25, 0.3) is 0 Å². The summed E-state index contributed by atoms with van der Waals surface area (Å²) in [5.74, 6) is 0.0926. The van der Waals surface area contributed by atoms with Crippen LogP contribution in [0, 0.1) is 13.8 Å². The minimum atomic E-state index is -0.197. The number of urea groups is 1. The lowest BCUT2D eigenvalue weighted by Gasteiger charge is -2.32. The lowest BCUT2D eigenvalue weighted by molar-refractivity contribution is 0.0708. The molecule has 0 aliphatic carbocycles. The number of para-hydroxylation sites is 1. The van der Waals surface area contributed by atoms with Crippen LogP contribution in [0.1, 0.15) is 41.5 Å². The van der Waals surface area contributed by atoms with Gasteiger partial charge in [-0.1, -0.05) is 18.2 Å². The molecule has 1 aliphatic rings. The highest BCUT2D eigenvalue weighted by molar-refractivity contribution is 5.96. The molecule has 1 aromatic heterocycles. The number of hydrogen-bond acceptors (Lipinski definition) is 2. The summed E-state index contributed by atoms with van der Waals surface area (Å²) in [6.07, 6.45) is 1.53. The van der Waals surface area contributed by atoms with E-state index in [4.69, 9.17) is 0 Å². The number of nitrogens with one attached hydrogen (secondary N) is 2. The number of amides is 3. The monoisotopic (exact) mass is 368 g/mol. The SMILES string of the molecule is CCn1c(C)cc(C(=O)N2CCC(NC(=O)Nc3ccccc3)CC2)c1C. The van der Waals surface area contributed by atoms with E-state index in [1.165, 1.54) is 0 Å². The second-order valence-corrected chi connectivity index (χ2v) is 7.06. The van der Waals surface area contributed by atoms with Gasteiger partial charge in [0, 0.05) is 42.8 Å². The van der Waals surface area contributed by atoms with Crippen molar-refractivity contribution in [1.29, 1.82) is 0 Å². The molecule has 144 valence electrons. The Morgan fingerprint density at radius 2 is 1.78 bits per heavy atom. The molecule has 2 heterocycles. The maximum atomic E-state index is 12.9. The zero-order valence-electron chi connectivity index (χ0n) is 16.3. The number of carbonyl (C=O) groups is 2. The fourth-order valence-electron chi connectivity index (χ4n) is 3.78. The van der Waals surface area contributed by atoms with Gasteiger partial charge in [-0.2, -0.15) is 0 Å². The van der Waals surface area contributed by atoms with E-state index >= 15 is 0 Å². The fraction of sp³-hybridized carbons (Fsp3) is 0.429. The van der Waals surface area contributed by atoms with Gasteiger partial charge in [-0.05, 0) is 51.8 Å². The molecular weight excluding hydrogens is 340 g/mol. The Labute approximate surface area is 160 Å². The molecule has 1 saturated heterocycles. The Balaban J connectivity index is 1.53. The molecule has 27 heavy (non-hydrogen) atoms. The minimum Gasteiger partial charge on any atom is -0.349 e. The summed E-state index contributed by atoms with van der Waals surface area (Å²) in [6, 6.07) is 11.3. The van der Waals surface area contributed by atoms with E-state index < -0.39 is 0 Å². The van der Waals surface area contributed by atoms with Crippen molar-refractivity contribution in [2.24, 2.45) is 0 Å². The van der Waals surface area contributed by atoms with Crippen molar-refractivity contribution in [2.75, 3.05) is 18.4 Å². The Bertz CT molecular complexity index is 805. The topological polar surface area (TPSA) is 66.4 Å². The quantitative estimate of drug-likeness (QED) is 0.867. The van der Waals surface area contributed by atoms with Crippen molar-refractivity contribution < 1.29 is 9.59 Å². The number of carbonyl (C=O) groups excluding carboxylic acids is 2. The highest BCUT2D eigenvalue weighted by atomic mass is 16.2. The van der Waals surface area contributed by atoms with Gasteiger partial charge in [0.05, 0.1) is 5.56 Å². The summed E-state index contributed by atoms with van der Waals surface area (Å²) in [7, 11) is 0. The predicted octanol–water partition coefficient (Wildman–Crippen LogP) is 3.55. The molecule has 2 N–H and O–H groups in total. The molecule has 6 heteroatoms. The molecule has 1 aromatic carbocycles. The standard InChI is InChI=1S/C21H28N4O2/c1-4-25-15(2)14-19(16(25)3)20(26)24-12-10-18(11-13-24)23-21(27)22-17-8-6-5-7-9-17/h5-9,14,18H,4,10-13H2,1-3H3,(H2,22,23,27). The third kappa shape index (κ3) is 4.32. The van der Waals surface area contributed by atoms with E-state index in [9.17, 15) is 9.59 Å². The summed E-state index contributed by atoms with van der Waals surface area (Å²) < 4.78 is 2.16.